The molecule has 2 fully saturated rings. The van der Waals surface area contributed by atoms with E-state index in [-0.39, 0.29) is 0 Å². The predicted molar refractivity (Wildman–Crippen MR) is 88.0 cm³/mol. The lowest BCUT2D eigenvalue weighted by molar-refractivity contribution is 0.139. The van der Waals surface area contributed by atoms with Gasteiger partial charge < -0.3 is 10.2 Å². The van der Waals surface area contributed by atoms with Gasteiger partial charge in [0, 0.05) is 25.7 Å². The van der Waals surface area contributed by atoms with E-state index >= 15 is 0 Å². The number of hydrogen-bond donors (Lipinski definition) is 1. The molecule has 2 aliphatic rings. The minimum absolute atomic E-state index is 0.535. The highest BCUT2D eigenvalue weighted by atomic mass is 15.1. The van der Waals surface area contributed by atoms with Crippen molar-refractivity contribution in [1.82, 2.24) is 10.2 Å². The Balaban J connectivity index is 1.89. The molecule has 0 saturated heterocycles. The largest absolute Gasteiger partial charge is 0.314 e. The molecule has 118 valence electrons. The second-order valence-corrected chi connectivity index (χ2v) is 8.12. The Morgan fingerprint density at radius 3 is 2.25 bits per heavy atom. The smallest absolute Gasteiger partial charge is 0.00472 e. The fourth-order valence-electron chi connectivity index (χ4n) is 3.98. The molecule has 20 heavy (non-hydrogen) atoms. The molecule has 0 aromatic carbocycles. The summed E-state index contributed by atoms with van der Waals surface area (Å²) in [6.07, 6.45) is 10.1. The zero-order valence-corrected chi connectivity index (χ0v) is 14.3. The van der Waals surface area contributed by atoms with Gasteiger partial charge in [-0.2, -0.15) is 0 Å². The van der Waals surface area contributed by atoms with Crippen molar-refractivity contribution in [2.75, 3.05) is 26.7 Å². The summed E-state index contributed by atoms with van der Waals surface area (Å²) >= 11 is 0. The van der Waals surface area contributed by atoms with Gasteiger partial charge in [0.25, 0.3) is 0 Å². The summed E-state index contributed by atoms with van der Waals surface area (Å²) in [5.74, 6) is 1.97. The van der Waals surface area contributed by atoms with Crippen LogP contribution in [0.1, 0.15) is 65.7 Å². The van der Waals surface area contributed by atoms with Gasteiger partial charge in [0.05, 0.1) is 0 Å². The quantitative estimate of drug-likeness (QED) is 0.711. The number of nitrogens with one attached hydrogen (secondary N) is 1. The van der Waals surface area contributed by atoms with E-state index in [1.54, 1.807) is 0 Å². The van der Waals surface area contributed by atoms with E-state index in [4.69, 9.17) is 0 Å². The average Bonchev–Trinajstić information content (AvgIpc) is 3.10. The Morgan fingerprint density at radius 2 is 1.75 bits per heavy atom. The first-order valence-corrected chi connectivity index (χ1v) is 8.93. The molecule has 0 aromatic heterocycles. The third-order valence-electron chi connectivity index (χ3n) is 5.48. The minimum atomic E-state index is 0.535. The van der Waals surface area contributed by atoms with Crippen molar-refractivity contribution in [2.24, 2.45) is 17.3 Å². The fraction of sp³-hybridized carbons (Fsp3) is 1.00. The van der Waals surface area contributed by atoms with Gasteiger partial charge in [0.2, 0.25) is 0 Å². The van der Waals surface area contributed by atoms with Crippen molar-refractivity contribution in [3.63, 3.8) is 0 Å². The average molecular weight is 280 g/mol. The monoisotopic (exact) mass is 280 g/mol. The van der Waals surface area contributed by atoms with Crippen LogP contribution < -0.4 is 5.32 Å². The third-order valence-corrected chi connectivity index (χ3v) is 5.48. The Bertz CT molecular complexity index is 279. The lowest BCUT2D eigenvalue weighted by Gasteiger charge is -2.38. The molecule has 1 N–H and O–H groups in total. The molecular formula is C18H36N2. The standard InChI is InChI=1S/C18H36N2/c1-15(2)19-13-18(9-7-5-6-8-10-18)14-20(4)12-17-11-16(17)3/h15-17,19H,5-14H2,1-4H3. The van der Waals surface area contributed by atoms with Crippen molar-refractivity contribution in [3.05, 3.63) is 0 Å². The normalized spacial score (nSPS) is 29.7. The van der Waals surface area contributed by atoms with Crippen LogP contribution in [0.4, 0.5) is 0 Å². The molecule has 2 saturated carbocycles. The molecule has 0 aliphatic heterocycles. The molecule has 0 heterocycles. The van der Waals surface area contributed by atoms with Gasteiger partial charge in [-0.1, -0.05) is 46.5 Å². The molecule has 2 rings (SSSR count). The summed E-state index contributed by atoms with van der Waals surface area (Å²) in [6, 6.07) is 0.615. The maximum Gasteiger partial charge on any atom is 0.00472 e. The van der Waals surface area contributed by atoms with Crippen LogP contribution in [0.25, 0.3) is 0 Å². The molecule has 2 aliphatic carbocycles. The molecule has 2 unspecified atom stereocenters. The first-order valence-electron chi connectivity index (χ1n) is 8.93. The summed E-state index contributed by atoms with van der Waals surface area (Å²) in [4.78, 5) is 2.64. The van der Waals surface area contributed by atoms with Gasteiger partial charge in [-0.25, -0.2) is 0 Å². The molecule has 0 spiro atoms. The maximum absolute atomic E-state index is 3.74. The maximum atomic E-state index is 3.74. The van der Waals surface area contributed by atoms with E-state index in [1.165, 1.54) is 64.6 Å². The van der Waals surface area contributed by atoms with E-state index in [9.17, 15) is 0 Å². The summed E-state index contributed by atoms with van der Waals surface area (Å²) in [5.41, 5.74) is 0.535. The van der Waals surface area contributed by atoms with Crippen LogP contribution in [0.15, 0.2) is 0 Å². The van der Waals surface area contributed by atoms with E-state index < -0.39 is 0 Å². The number of hydrogen-bond acceptors (Lipinski definition) is 2. The van der Waals surface area contributed by atoms with E-state index in [0.717, 1.165) is 11.8 Å². The van der Waals surface area contributed by atoms with E-state index in [0.29, 0.717) is 11.5 Å². The van der Waals surface area contributed by atoms with Gasteiger partial charge in [0.15, 0.2) is 0 Å². The zero-order chi connectivity index (χ0) is 14.6. The van der Waals surface area contributed by atoms with Crippen LogP contribution in [0.2, 0.25) is 0 Å². The van der Waals surface area contributed by atoms with Crippen molar-refractivity contribution in [1.29, 1.82) is 0 Å². The van der Waals surface area contributed by atoms with Gasteiger partial charge in [0.1, 0.15) is 0 Å². The second-order valence-electron chi connectivity index (χ2n) is 8.12. The van der Waals surface area contributed by atoms with E-state index in [2.05, 4.69) is 38.0 Å². The number of rotatable bonds is 7. The fourth-order valence-corrected chi connectivity index (χ4v) is 3.98. The first-order chi connectivity index (χ1) is 9.51. The van der Waals surface area contributed by atoms with Crippen LogP contribution >= 0.6 is 0 Å². The Hall–Kier alpha value is -0.0800. The topological polar surface area (TPSA) is 15.3 Å². The summed E-state index contributed by atoms with van der Waals surface area (Å²) < 4.78 is 0. The van der Waals surface area contributed by atoms with Crippen LogP contribution in [-0.4, -0.2) is 37.6 Å². The molecule has 0 amide bonds. The molecular weight excluding hydrogens is 244 g/mol. The molecule has 0 aromatic rings. The minimum Gasteiger partial charge on any atom is -0.314 e. The van der Waals surface area contributed by atoms with Gasteiger partial charge >= 0.3 is 0 Å². The predicted octanol–water partition coefficient (Wildman–Crippen LogP) is 3.91. The molecule has 2 heteroatoms. The van der Waals surface area contributed by atoms with Crippen molar-refractivity contribution in [2.45, 2.75) is 71.8 Å². The Labute approximate surface area is 126 Å². The Kier molecular flexibility index (Phi) is 5.92. The molecule has 0 bridgehead atoms. The van der Waals surface area contributed by atoms with Crippen molar-refractivity contribution in [3.8, 4) is 0 Å². The first kappa shape index (κ1) is 16.3. The molecule has 2 atom stereocenters. The van der Waals surface area contributed by atoms with Crippen molar-refractivity contribution < 1.29 is 0 Å². The Morgan fingerprint density at radius 1 is 1.15 bits per heavy atom. The molecule has 0 radical (unpaired) electrons. The van der Waals surface area contributed by atoms with Crippen LogP contribution in [-0.2, 0) is 0 Å². The summed E-state index contributed by atoms with van der Waals surface area (Å²) in [7, 11) is 2.35. The summed E-state index contributed by atoms with van der Waals surface area (Å²) in [6.45, 7) is 10.8. The zero-order valence-electron chi connectivity index (χ0n) is 14.3. The lowest BCUT2D eigenvalue weighted by Crippen LogP contribution is -2.45. The van der Waals surface area contributed by atoms with Gasteiger partial charge in [-0.05, 0) is 43.6 Å². The second kappa shape index (κ2) is 7.26. The third kappa shape index (κ3) is 5.04. The van der Waals surface area contributed by atoms with Crippen molar-refractivity contribution >= 4 is 0 Å². The molecule has 2 nitrogen and oxygen atoms in total. The summed E-state index contributed by atoms with van der Waals surface area (Å²) in [5, 5.41) is 3.74. The lowest BCUT2D eigenvalue weighted by atomic mass is 9.79. The highest BCUT2D eigenvalue weighted by molar-refractivity contribution is 4.90. The van der Waals surface area contributed by atoms with E-state index in [1.807, 2.05) is 0 Å². The van der Waals surface area contributed by atoms with Gasteiger partial charge in [-0.15, -0.1) is 0 Å². The van der Waals surface area contributed by atoms with Gasteiger partial charge in [-0.3, -0.25) is 0 Å². The SMILES string of the molecule is CC(C)NCC1(CN(C)CC2CC2C)CCCCCC1. The highest BCUT2D eigenvalue weighted by Gasteiger charge is 2.36. The number of nitrogens with zero attached hydrogens (tertiary/aromatic N) is 1. The van der Waals surface area contributed by atoms with Crippen LogP contribution in [0, 0.1) is 17.3 Å². The highest BCUT2D eigenvalue weighted by Crippen LogP contribution is 2.40. The van der Waals surface area contributed by atoms with Crippen LogP contribution in [0.5, 0.6) is 0 Å². The van der Waals surface area contributed by atoms with Crippen LogP contribution in [0.3, 0.4) is 0 Å².